The third kappa shape index (κ3) is 2.91. The molecule has 0 saturated carbocycles. The number of hydrogen-bond acceptors (Lipinski definition) is 2. The van der Waals surface area contributed by atoms with Gasteiger partial charge in [0.15, 0.2) is 4.73 Å². The van der Waals surface area contributed by atoms with Crippen molar-refractivity contribution in [1.82, 2.24) is 9.97 Å². The van der Waals surface area contributed by atoms with Gasteiger partial charge < -0.3 is 0 Å². The Morgan fingerprint density at radius 1 is 1.06 bits per heavy atom. The lowest BCUT2D eigenvalue weighted by atomic mass is 10.0. The largest absolute Gasteiger partial charge is 0.227 e. The number of rotatable bonds is 2. The van der Waals surface area contributed by atoms with Gasteiger partial charge in [-0.25, -0.2) is 9.97 Å². The zero-order valence-electron chi connectivity index (χ0n) is 10.2. The van der Waals surface area contributed by atoms with Crippen LogP contribution < -0.4 is 0 Å². The first-order chi connectivity index (χ1) is 8.06. The number of aryl methyl sites for hydroxylation is 1. The molecule has 0 aliphatic carbocycles. The van der Waals surface area contributed by atoms with Crippen LogP contribution in [0.2, 0.25) is 0 Å². The zero-order valence-corrected chi connectivity index (χ0v) is 11.8. The number of benzene rings is 1. The highest BCUT2D eigenvalue weighted by Crippen LogP contribution is 2.22. The summed E-state index contributed by atoms with van der Waals surface area (Å²) in [5, 5.41) is 0. The summed E-state index contributed by atoms with van der Waals surface area (Å²) in [4.78, 5) is 8.60. The van der Waals surface area contributed by atoms with Crippen LogP contribution in [-0.2, 0) is 0 Å². The first-order valence-corrected chi connectivity index (χ1v) is 6.47. The molecule has 0 radical (unpaired) electrons. The minimum atomic E-state index is 0.558. The van der Waals surface area contributed by atoms with Gasteiger partial charge >= 0.3 is 0 Å². The van der Waals surface area contributed by atoms with E-state index in [2.05, 4.69) is 64.0 Å². The molecule has 0 aliphatic heterocycles. The predicted molar refractivity (Wildman–Crippen MR) is 74.0 cm³/mol. The lowest BCUT2D eigenvalue weighted by Gasteiger charge is -2.07. The van der Waals surface area contributed by atoms with Gasteiger partial charge in [-0.1, -0.05) is 38.1 Å². The lowest BCUT2D eigenvalue weighted by molar-refractivity contribution is 0.867. The molecule has 88 valence electrons. The first-order valence-electron chi connectivity index (χ1n) is 5.68. The van der Waals surface area contributed by atoms with E-state index in [4.69, 9.17) is 0 Å². The Morgan fingerprint density at radius 2 is 1.71 bits per heavy atom. The molecule has 2 aromatic rings. The molecule has 0 spiro atoms. The topological polar surface area (TPSA) is 25.8 Å². The molecule has 0 N–H and O–H groups in total. The standard InChI is InChI=1S/C14H15BrN2/c1-9(2)11-4-6-12(7-5-11)13-8-10(3)16-14(15)17-13/h4-9H,1-3H3. The zero-order chi connectivity index (χ0) is 12.4. The van der Waals surface area contributed by atoms with Crippen molar-refractivity contribution in [2.45, 2.75) is 26.7 Å². The summed E-state index contributed by atoms with van der Waals surface area (Å²) in [6.07, 6.45) is 0. The van der Waals surface area contributed by atoms with Crippen molar-refractivity contribution in [3.63, 3.8) is 0 Å². The molecular weight excluding hydrogens is 276 g/mol. The molecule has 2 nitrogen and oxygen atoms in total. The Bertz CT molecular complexity index is 498. The summed E-state index contributed by atoms with van der Waals surface area (Å²) >= 11 is 3.33. The van der Waals surface area contributed by atoms with E-state index in [0.717, 1.165) is 17.0 Å². The van der Waals surface area contributed by atoms with Crippen LogP contribution in [0, 0.1) is 6.92 Å². The average molecular weight is 291 g/mol. The monoisotopic (exact) mass is 290 g/mol. The molecule has 3 heteroatoms. The second-order valence-corrected chi connectivity index (χ2v) is 5.15. The van der Waals surface area contributed by atoms with Crippen LogP contribution in [0.1, 0.15) is 31.0 Å². The van der Waals surface area contributed by atoms with Crippen molar-refractivity contribution in [2.75, 3.05) is 0 Å². The van der Waals surface area contributed by atoms with E-state index in [1.165, 1.54) is 5.56 Å². The molecule has 17 heavy (non-hydrogen) atoms. The Labute approximate surface area is 110 Å². The minimum absolute atomic E-state index is 0.558. The highest BCUT2D eigenvalue weighted by Gasteiger charge is 2.04. The van der Waals surface area contributed by atoms with Crippen molar-refractivity contribution in [1.29, 1.82) is 0 Å². The Balaban J connectivity index is 2.39. The smallest absolute Gasteiger partial charge is 0.197 e. The maximum Gasteiger partial charge on any atom is 0.197 e. The van der Waals surface area contributed by atoms with Gasteiger partial charge in [-0.05, 0) is 40.4 Å². The van der Waals surface area contributed by atoms with Crippen LogP contribution in [-0.4, -0.2) is 9.97 Å². The van der Waals surface area contributed by atoms with Crippen LogP contribution in [0.5, 0.6) is 0 Å². The van der Waals surface area contributed by atoms with E-state index in [0.29, 0.717) is 10.7 Å². The summed E-state index contributed by atoms with van der Waals surface area (Å²) in [5.41, 5.74) is 4.40. The molecule has 0 amide bonds. The third-order valence-corrected chi connectivity index (χ3v) is 3.05. The Morgan fingerprint density at radius 3 is 2.24 bits per heavy atom. The van der Waals surface area contributed by atoms with E-state index >= 15 is 0 Å². The normalized spacial score (nSPS) is 10.9. The fraction of sp³-hybridized carbons (Fsp3) is 0.286. The van der Waals surface area contributed by atoms with Crippen LogP contribution in [0.25, 0.3) is 11.3 Å². The van der Waals surface area contributed by atoms with Crippen LogP contribution >= 0.6 is 15.9 Å². The van der Waals surface area contributed by atoms with Crippen LogP contribution in [0.15, 0.2) is 35.1 Å². The molecule has 0 saturated heterocycles. The van der Waals surface area contributed by atoms with Gasteiger partial charge in [0.2, 0.25) is 0 Å². The Kier molecular flexibility index (Phi) is 3.57. The molecule has 1 aromatic carbocycles. The van der Waals surface area contributed by atoms with Crippen LogP contribution in [0.3, 0.4) is 0 Å². The summed E-state index contributed by atoms with van der Waals surface area (Å²) in [6, 6.07) is 10.5. The van der Waals surface area contributed by atoms with Gasteiger partial charge in [0.1, 0.15) is 0 Å². The quantitative estimate of drug-likeness (QED) is 0.769. The third-order valence-electron chi connectivity index (χ3n) is 2.70. The van der Waals surface area contributed by atoms with Gasteiger partial charge in [0.25, 0.3) is 0 Å². The summed E-state index contributed by atoms with van der Waals surface area (Å²) in [6.45, 7) is 6.36. The highest BCUT2D eigenvalue weighted by atomic mass is 79.9. The highest BCUT2D eigenvalue weighted by molar-refractivity contribution is 9.10. The van der Waals surface area contributed by atoms with Gasteiger partial charge in [-0.2, -0.15) is 0 Å². The summed E-state index contributed by atoms with van der Waals surface area (Å²) < 4.78 is 0.639. The van der Waals surface area contributed by atoms with E-state index in [9.17, 15) is 0 Å². The van der Waals surface area contributed by atoms with E-state index in [-0.39, 0.29) is 0 Å². The molecular formula is C14H15BrN2. The Hall–Kier alpha value is -1.22. The van der Waals surface area contributed by atoms with Gasteiger partial charge in [0.05, 0.1) is 5.69 Å². The number of halogens is 1. The first kappa shape index (κ1) is 12.2. The molecule has 0 aliphatic rings. The van der Waals surface area contributed by atoms with E-state index in [1.54, 1.807) is 0 Å². The molecule has 0 unspecified atom stereocenters. The number of hydrogen-bond donors (Lipinski definition) is 0. The van der Waals surface area contributed by atoms with E-state index < -0.39 is 0 Å². The van der Waals surface area contributed by atoms with Gasteiger partial charge in [-0.15, -0.1) is 0 Å². The molecule has 2 rings (SSSR count). The van der Waals surface area contributed by atoms with Gasteiger partial charge in [-0.3, -0.25) is 0 Å². The second kappa shape index (κ2) is 4.96. The minimum Gasteiger partial charge on any atom is -0.227 e. The predicted octanol–water partition coefficient (Wildman–Crippen LogP) is 4.34. The maximum absolute atomic E-state index is 4.38. The second-order valence-electron chi connectivity index (χ2n) is 4.44. The van der Waals surface area contributed by atoms with Crippen molar-refractivity contribution in [2.24, 2.45) is 0 Å². The lowest BCUT2D eigenvalue weighted by Crippen LogP contribution is -1.92. The molecule has 0 bridgehead atoms. The SMILES string of the molecule is Cc1cc(-c2ccc(C(C)C)cc2)nc(Br)n1. The van der Waals surface area contributed by atoms with Gasteiger partial charge in [0, 0.05) is 11.3 Å². The summed E-state index contributed by atoms with van der Waals surface area (Å²) in [7, 11) is 0. The molecule has 1 heterocycles. The molecule has 0 atom stereocenters. The van der Waals surface area contributed by atoms with Crippen LogP contribution in [0.4, 0.5) is 0 Å². The molecule has 1 aromatic heterocycles. The average Bonchev–Trinajstić information content (AvgIpc) is 2.28. The number of nitrogens with zero attached hydrogens (tertiary/aromatic N) is 2. The fourth-order valence-corrected chi connectivity index (χ4v) is 2.19. The van der Waals surface area contributed by atoms with Crippen molar-refractivity contribution < 1.29 is 0 Å². The van der Waals surface area contributed by atoms with Crippen molar-refractivity contribution >= 4 is 15.9 Å². The van der Waals surface area contributed by atoms with Crippen molar-refractivity contribution in [3.05, 3.63) is 46.3 Å². The molecule has 0 fully saturated rings. The maximum atomic E-state index is 4.38. The van der Waals surface area contributed by atoms with E-state index in [1.807, 2.05) is 13.0 Å². The van der Waals surface area contributed by atoms with Crippen molar-refractivity contribution in [3.8, 4) is 11.3 Å². The summed E-state index contributed by atoms with van der Waals surface area (Å²) in [5.74, 6) is 0.558. The fourth-order valence-electron chi connectivity index (χ4n) is 1.72. The number of aromatic nitrogens is 2.